The van der Waals surface area contributed by atoms with Gasteiger partial charge in [0.05, 0.1) is 31.6 Å². The van der Waals surface area contributed by atoms with Gasteiger partial charge >= 0.3 is 0 Å². The van der Waals surface area contributed by atoms with E-state index in [1.54, 1.807) is 19.2 Å². The summed E-state index contributed by atoms with van der Waals surface area (Å²) in [5.74, 6) is 0.824. The van der Waals surface area contributed by atoms with E-state index in [2.05, 4.69) is 15.5 Å². The molecule has 0 aliphatic heterocycles. The molecule has 2 aromatic heterocycles. The topological polar surface area (TPSA) is 94.8 Å². The molecule has 1 N–H and O–H groups in total. The van der Waals surface area contributed by atoms with E-state index in [1.807, 2.05) is 26.0 Å². The van der Waals surface area contributed by atoms with E-state index in [0.717, 1.165) is 23.3 Å². The van der Waals surface area contributed by atoms with Crippen molar-refractivity contribution in [2.24, 2.45) is 5.10 Å². The maximum absolute atomic E-state index is 12.6. The maximum Gasteiger partial charge on any atom is 0.262 e. The lowest BCUT2D eigenvalue weighted by Gasteiger charge is -2.10. The standard InChI is InChI=1S/C21H24N4O4S/c1-4-8-29-17-7-6-14(9-18(17)28-3)11-23-24-19(26)12-25-13-22-20-16(21(25)27)10-15(5-2)30-20/h6-7,9-11,13H,4-5,8,12H2,1-3H3,(H,24,26)/b23-11+. The molecule has 0 aliphatic rings. The number of amides is 1. The first kappa shape index (κ1) is 21.5. The second-order valence-electron chi connectivity index (χ2n) is 6.51. The number of hydrazone groups is 1. The molecular formula is C21H24N4O4S. The Morgan fingerprint density at radius 1 is 1.30 bits per heavy atom. The molecule has 3 aromatic rings. The average molecular weight is 429 g/mol. The molecule has 0 atom stereocenters. The summed E-state index contributed by atoms with van der Waals surface area (Å²) in [6, 6.07) is 7.21. The van der Waals surface area contributed by atoms with E-state index in [9.17, 15) is 9.59 Å². The Labute approximate surface area is 178 Å². The second-order valence-corrected chi connectivity index (χ2v) is 7.63. The molecule has 158 valence electrons. The van der Waals surface area contributed by atoms with Gasteiger partial charge in [-0.15, -0.1) is 11.3 Å². The van der Waals surface area contributed by atoms with Crippen LogP contribution in [-0.2, 0) is 17.8 Å². The quantitative estimate of drug-likeness (QED) is 0.418. The number of carbonyl (C=O) groups excluding carboxylic acids is 1. The minimum atomic E-state index is -0.421. The van der Waals surface area contributed by atoms with Crippen LogP contribution < -0.4 is 20.5 Å². The van der Waals surface area contributed by atoms with Gasteiger partial charge in [0, 0.05) is 4.88 Å². The van der Waals surface area contributed by atoms with Gasteiger partial charge < -0.3 is 9.47 Å². The first-order valence-electron chi connectivity index (χ1n) is 9.66. The Morgan fingerprint density at radius 2 is 2.13 bits per heavy atom. The number of thiophene rings is 1. The van der Waals surface area contributed by atoms with E-state index in [1.165, 1.54) is 28.4 Å². The summed E-state index contributed by atoms with van der Waals surface area (Å²) in [5.41, 5.74) is 2.94. The molecule has 0 radical (unpaired) electrons. The lowest BCUT2D eigenvalue weighted by atomic mass is 10.2. The lowest BCUT2D eigenvalue weighted by molar-refractivity contribution is -0.121. The number of nitrogens with one attached hydrogen (secondary N) is 1. The number of nitrogens with zero attached hydrogens (tertiary/aromatic N) is 3. The molecular weight excluding hydrogens is 404 g/mol. The maximum atomic E-state index is 12.6. The van der Waals surface area contributed by atoms with Gasteiger partial charge in [-0.1, -0.05) is 13.8 Å². The highest BCUT2D eigenvalue weighted by Gasteiger charge is 2.10. The molecule has 0 aliphatic carbocycles. The molecule has 1 amide bonds. The fourth-order valence-electron chi connectivity index (χ4n) is 2.76. The van der Waals surface area contributed by atoms with Gasteiger partial charge in [0.15, 0.2) is 11.5 Å². The van der Waals surface area contributed by atoms with Crippen LogP contribution in [0.2, 0.25) is 0 Å². The minimum Gasteiger partial charge on any atom is -0.493 e. The number of rotatable bonds is 9. The zero-order valence-corrected chi connectivity index (χ0v) is 18.0. The second kappa shape index (κ2) is 10.0. The Balaban J connectivity index is 1.64. The van der Waals surface area contributed by atoms with Crippen LogP contribution >= 0.6 is 11.3 Å². The summed E-state index contributed by atoms with van der Waals surface area (Å²) >= 11 is 1.49. The van der Waals surface area contributed by atoms with Crippen molar-refractivity contribution in [3.63, 3.8) is 0 Å². The zero-order valence-electron chi connectivity index (χ0n) is 17.2. The highest BCUT2D eigenvalue weighted by atomic mass is 32.1. The molecule has 8 nitrogen and oxygen atoms in total. The third-order valence-corrected chi connectivity index (χ3v) is 5.47. The highest BCUT2D eigenvalue weighted by molar-refractivity contribution is 7.18. The zero-order chi connectivity index (χ0) is 21.5. The van der Waals surface area contributed by atoms with Crippen molar-refractivity contribution in [2.75, 3.05) is 13.7 Å². The predicted molar refractivity (Wildman–Crippen MR) is 118 cm³/mol. The summed E-state index contributed by atoms with van der Waals surface area (Å²) in [4.78, 5) is 30.8. The van der Waals surface area contributed by atoms with Gasteiger partial charge in [0.1, 0.15) is 11.4 Å². The van der Waals surface area contributed by atoms with E-state index >= 15 is 0 Å². The first-order valence-corrected chi connectivity index (χ1v) is 10.5. The van der Waals surface area contributed by atoms with E-state index in [4.69, 9.17) is 9.47 Å². The van der Waals surface area contributed by atoms with Crippen molar-refractivity contribution >= 4 is 33.7 Å². The van der Waals surface area contributed by atoms with E-state index < -0.39 is 5.91 Å². The summed E-state index contributed by atoms with van der Waals surface area (Å²) in [5, 5.41) is 4.49. The van der Waals surface area contributed by atoms with Crippen molar-refractivity contribution < 1.29 is 14.3 Å². The number of aromatic nitrogens is 2. The molecule has 2 heterocycles. The van der Waals surface area contributed by atoms with Gasteiger partial charge in [-0.3, -0.25) is 14.2 Å². The highest BCUT2D eigenvalue weighted by Crippen LogP contribution is 2.27. The van der Waals surface area contributed by atoms with Crippen LogP contribution in [0.1, 0.15) is 30.7 Å². The summed E-state index contributed by atoms with van der Waals surface area (Å²) in [6.07, 6.45) is 4.63. The molecule has 9 heteroatoms. The molecule has 0 unspecified atom stereocenters. The number of benzene rings is 1. The number of ether oxygens (including phenoxy) is 2. The average Bonchev–Trinajstić information content (AvgIpc) is 3.19. The molecule has 30 heavy (non-hydrogen) atoms. The molecule has 1 aromatic carbocycles. The number of fused-ring (bicyclic) bond motifs is 1. The number of hydrogen-bond donors (Lipinski definition) is 1. The fraction of sp³-hybridized carbons (Fsp3) is 0.333. The molecule has 3 rings (SSSR count). The van der Waals surface area contributed by atoms with Gasteiger partial charge in [0.25, 0.3) is 11.5 Å². The first-order chi connectivity index (χ1) is 14.5. The number of hydrogen-bond acceptors (Lipinski definition) is 7. The van der Waals surface area contributed by atoms with Crippen molar-refractivity contribution in [1.82, 2.24) is 15.0 Å². The fourth-order valence-corrected chi connectivity index (χ4v) is 3.69. The van der Waals surface area contributed by atoms with Crippen molar-refractivity contribution in [3.8, 4) is 11.5 Å². The third-order valence-electron chi connectivity index (χ3n) is 4.28. The smallest absolute Gasteiger partial charge is 0.262 e. The van der Waals surface area contributed by atoms with Crippen molar-refractivity contribution in [3.05, 3.63) is 51.4 Å². The van der Waals surface area contributed by atoms with Crippen LogP contribution in [0.25, 0.3) is 10.2 Å². The molecule has 0 bridgehead atoms. The molecule has 0 saturated heterocycles. The Bertz CT molecular complexity index is 1120. The van der Waals surface area contributed by atoms with Crippen molar-refractivity contribution in [2.45, 2.75) is 33.2 Å². The van der Waals surface area contributed by atoms with Gasteiger partial charge in [0.2, 0.25) is 0 Å². The Hall–Kier alpha value is -3.20. The lowest BCUT2D eigenvalue weighted by Crippen LogP contribution is -2.29. The van der Waals surface area contributed by atoms with E-state index in [0.29, 0.717) is 28.3 Å². The molecule has 0 fully saturated rings. The van der Waals surface area contributed by atoms with Crippen LogP contribution in [-0.4, -0.2) is 35.4 Å². The van der Waals surface area contributed by atoms with Crippen LogP contribution in [0.5, 0.6) is 11.5 Å². The Morgan fingerprint density at radius 3 is 2.87 bits per heavy atom. The van der Waals surface area contributed by atoms with Crippen LogP contribution in [0.3, 0.4) is 0 Å². The minimum absolute atomic E-state index is 0.163. The summed E-state index contributed by atoms with van der Waals surface area (Å²) < 4.78 is 12.2. The Kier molecular flexibility index (Phi) is 7.18. The number of aryl methyl sites for hydroxylation is 1. The number of methoxy groups -OCH3 is 1. The van der Waals surface area contributed by atoms with Gasteiger partial charge in [-0.2, -0.15) is 5.10 Å². The monoisotopic (exact) mass is 428 g/mol. The third kappa shape index (κ3) is 5.04. The summed E-state index contributed by atoms with van der Waals surface area (Å²) in [7, 11) is 1.57. The van der Waals surface area contributed by atoms with Crippen molar-refractivity contribution in [1.29, 1.82) is 0 Å². The summed E-state index contributed by atoms with van der Waals surface area (Å²) in [6.45, 7) is 4.49. The van der Waals surface area contributed by atoms with Gasteiger partial charge in [-0.25, -0.2) is 10.4 Å². The van der Waals surface area contributed by atoms with Crippen LogP contribution in [0.4, 0.5) is 0 Å². The SMILES string of the molecule is CCCOc1ccc(/C=N/NC(=O)Cn2cnc3sc(CC)cc3c2=O)cc1OC. The molecule has 0 spiro atoms. The number of carbonyl (C=O) groups is 1. The van der Waals surface area contributed by atoms with Crippen LogP contribution in [0, 0.1) is 0 Å². The largest absolute Gasteiger partial charge is 0.493 e. The van der Waals surface area contributed by atoms with Crippen LogP contribution in [0.15, 0.2) is 40.5 Å². The van der Waals surface area contributed by atoms with Gasteiger partial charge in [-0.05, 0) is 42.7 Å². The van der Waals surface area contributed by atoms with E-state index in [-0.39, 0.29) is 12.1 Å². The predicted octanol–water partition coefficient (Wildman–Crippen LogP) is 2.97. The normalized spacial score (nSPS) is 11.2. The molecule has 0 saturated carbocycles.